The number of furan rings is 1. The van der Waals surface area contributed by atoms with Gasteiger partial charge in [0.25, 0.3) is 11.5 Å². The molecule has 3 aromatic rings. The van der Waals surface area contributed by atoms with Crippen molar-refractivity contribution in [2.45, 2.75) is 13.3 Å². The quantitative estimate of drug-likeness (QED) is 0.745. The first-order chi connectivity index (χ1) is 11.6. The predicted octanol–water partition coefficient (Wildman–Crippen LogP) is 1.81. The molecule has 0 saturated carbocycles. The minimum atomic E-state index is -0.392. The second-order valence-electron chi connectivity index (χ2n) is 5.30. The molecule has 7 nitrogen and oxygen atoms in total. The van der Waals surface area contributed by atoms with Crippen LogP contribution in [-0.4, -0.2) is 29.5 Å². The van der Waals surface area contributed by atoms with Crippen LogP contribution in [-0.2, 0) is 6.42 Å². The lowest BCUT2D eigenvalue weighted by Gasteiger charge is -2.06. The monoisotopic (exact) mass is 327 g/mol. The largest absolute Gasteiger partial charge is 0.497 e. The summed E-state index contributed by atoms with van der Waals surface area (Å²) in [6.07, 6.45) is 1.91. The molecule has 1 amide bonds. The molecule has 2 N–H and O–H groups in total. The lowest BCUT2D eigenvalue weighted by Crippen LogP contribution is -2.27. The number of aromatic amines is 1. The molecular formula is C17H17N3O4. The number of hydrogen-bond donors (Lipinski definition) is 2. The average molecular weight is 327 g/mol. The summed E-state index contributed by atoms with van der Waals surface area (Å²) in [5, 5.41) is 2.99. The van der Waals surface area contributed by atoms with Gasteiger partial charge in [-0.3, -0.25) is 9.59 Å². The van der Waals surface area contributed by atoms with E-state index >= 15 is 0 Å². The van der Waals surface area contributed by atoms with Gasteiger partial charge in [0.2, 0.25) is 5.71 Å². The molecule has 0 aliphatic carbocycles. The maximum Gasteiger partial charge on any atom is 0.262 e. The molecule has 24 heavy (non-hydrogen) atoms. The lowest BCUT2D eigenvalue weighted by molar-refractivity contribution is 0.0954. The van der Waals surface area contributed by atoms with Crippen molar-refractivity contribution in [2.75, 3.05) is 13.7 Å². The van der Waals surface area contributed by atoms with Crippen molar-refractivity contribution in [3.8, 4) is 5.75 Å². The van der Waals surface area contributed by atoms with Crippen LogP contribution in [0.15, 0.2) is 39.8 Å². The molecular weight excluding hydrogens is 310 g/mol. The molecule has 0 fully saturated rings. The molecule has 0 aliphatic heterocycles. The molecule has 2 heterocycles. The zero-order valence-corrected chi connectivity index (χ0v) is 13.4. The van der Waals surface area contributed by atoms with E-state index in [4.69, 9.17) is 9.15 Å². The van der Waals surface area contributed by atoms with Crippen LogP contribution in [0.1, 0.15) is 21.7 Å². The standard InChI is InChI=1S/C17H17N3O4/c1-10-13(14-16(22)19-9-20-17(14)24-10)15(21)18-8-7-11-3-5-12(23-2)6-4-11/h3-6,9H,7-8H2,1-2H3,(H,18,21)(H,19,20,22). The van der Waals surface area contributed by atoms with Crippen LogP contribution in [0.25, 0.3) is 11.1 Å². The number of methoxy groups -OCH3 is 1. The maximum atomic E-state index is 12.4. The van der Waals surface area contributed by atoms with E-state index in [0.29, 0.717) is 18.7 Å². The molecule has 2 aromatic heterocycles. The van der Waals surface area contributed by atoms with E-state index in [1.54, 1.807) is 14.0 Å². The number of carbonyl (C=O) groups is 1. The highest BCUT2D eigenvalue weighted by molar-refractivity contribution is 6.06. The summed E-state index contributed by atoms with van der Waals surface area (Å²) < 4.78 is 10.5. The van der Waals surface area contributed by atoms with Gasteiger partial charge in [0.1, 0.15) is 16.9 Å². The molecule has 1 aromatic carbocycles. The first kappa shape index (κ1) is 15.8. The summed E-state index contributed by atoms with van der Waals surface area (Å²) in [7, 11) is 1.61. The van der Waals surface area contributed by atoms with Gasteiger partial charge in [0, 0.05) is 6.54 Å². The van der Waals surface area contributed by atoms with Gasteiger partial charge in [-0.25, -0.2) is 4.98 Å². The fourth-order valence-corrected chi connectivity index (χ4v) is 2.53. The number of ether oxygens (including phenoxy) is 1. The number of aromatic nitrogens is 2. The van der Waals surface area contributed by atoms with E-state index in [1.165, 1.54) is 6.33 Å². The third-order valence-corrected chi connectivity index (χ3v) is 3.76. The molecule has 0 saturated heterocycles. The van der Waals surface area contributed by atoms with Crippen LogP contribution in [0.5, 0.6) is 5.75 Å². The van der Waals surface area contributed by atoms with Gasteiger partial charge in [-0.15, -0.1) is 0 Å². The van der Waals surface area contributed by atoms with Gasteiger partial charge in [-0.05, 0) is 31.0 Å². The van der Waals surface area contributed by atoms with E-state index in [9.17, 15) is 9.59 Å². The van der Waals surface area contributed by atoms with Crippen LogP contribution in [0, 0.1) is 6.92 Å². The Hall–Kier alpha value is -3.09. The Morgan fingerprint density at radius 2 is 2.08 bits per heavy atom. The van der Waals surface area contributed by atoms with Crippen molar-refractivity contribution >= 4 is 17.0 Å². The molecule has 0 aliphatic rings. The molecule has 0 radical (unpaired) electrons. The number of aryl methyl sites for hydroxylation is 1. The number of H-pyrrole nitrogens is 1. The van der Waals surface area contributed by atoms with Crippen molar-refractivity contribution in [3.63, 3.8) is 0 Å². The fraction of sp³-hybridized carbons (Fsp3) is 0.235. The normalized spacial score (nSPS) is 10.8. The Kier molecular flexibility index (Phi) is 4.33. The molecule has 0 bridgehead atoms. The van der Waals surface area contributed by atoms with Crippen LogP contribution in [0.2, 0.25) is 0 Å². The van der Waals surface area contributed by atoms with Crippen molar-refractivity contribution in [1.29, 1.82) is 0 Å². The van der Waals surface area contributed by atoms with E-state index in [2.05, 4.69) is 15.3 Å². The Morgan fingerprint density at radius 1 is 1.33 bits per heavy atom. The summed E-state index contributed by atoms with van der Waals surface area (Å²) in [5.41, 5.74) is 1.08. The molecule has 3 rings (SSSR count). The van der Waals surface area contributed by atoms with Gasteiger partial charge in [-0.1, -0.05) is 12.1 Å². The summed E-state index contributed by atoms with van der Waals surface area (Å²) >= 11 is 0. The predicted molar refractivity (Wildman–Crippen MR) is 88.4 cm³/mol. The highest BCUT2D eigenvalue weighted by Gasteiger charge is 2.21. The van der Waals surface area contributed by atoms with Gasteiger partial charge in [-0.2, -0.15) is 0 Å². The minimum absolute atomic E-state index is 0.163. The van der Waals surface area contributed by atoms with Crippen LogP contribution in [0.4, 0.5) is 0 Å². The zero-order chi connectivity index (χ0) is 17.1. The minimum Gasteiger partial charge on any atom is -0.497 e. The number of hydrogen-bond acceptors (Lipinski definition) is 5. The van der Waals surface area contributed by atoms with E-state index < -0.39 is 5.56 Å². The fourth-order valence-electron chi connectivity index (χ4n) is 2.53. The van der Waals surface area contributed by atoms with Crippen molar-refractivity contribution in [1.82, 2.24) is 15.3 Å². The number of carbonyl (C=O) groups excluding carboxylic acids is 1. The number of amides is 1. The third kappa shape index (κ3) is 3.01. The summed E-state index contributed by atoms with van der Waals surface area (Å²) in [4.78, 5) is 30.7. The van der Waals surface area contributed by atoms with E-state index in [-0.39, 0.29) is 22.6 Å². The molecule has 0 atom stereocenters. The highest BCUT2D eigenvalue weighted by Crippen LogP contribution is 2.20. The smallest absolute Gasteiger partial charge is 0.262 e. The molecule has 124 valence electrons. The number of nitrogens with one attached hydrogen (secondary N) is 2. The summed E-state index contributed by atoms with van der Waals surface area (Å²) in [6, 6.07) is 7.63. The van der Waals surface area contributed by atoms with Crippen LogP contribution in [0.3, 0.4) is 0 Å². The Balaban J connectivity index is 1.71. The van der Waals surface area contributed by atoms with Crippen molar-refractivity contribution < 1.29 is 13.9 Å². The summed E-state index contributed by atoms with van der Waals surface area (Å²) in [5.74, 6) is 0.810. The summed E-state index contributed by atoms with van der Waals surface area (Å²) in [6.45, 7) is 2.08. The lowest BCUT2D eigenvalue weighted by atomic mass is 10.1. The Morgan fingerprint density at radius 3 is 2.79 bits per heavy atom. The SMILES string of the molecule is COc1ccc(CCNC(=O)c2c(C)oc3nc[nH]c(=O)c23)cc1. The van der Waals surface area contributed by atoms with Gasteiger partial charge >= 0.3 is 0 Å². The van der Waals surface area contributed by atoms with Gasteiger partial charge in [0.15, 0.2) is 0 Å². The first-order valence-electron chi connectivity index (χ1n) is 7.48. The molecule has 7 heteroatoms. The van der Waals surface area contributed by atoms with E-state index in [1.807, 2.05) is 24.3 Å². The Labute approximate surface area is 137 Å². The van der Waals surface area contributed by atoms with Crippen molar-refractivity contribution in [3.05, 3.63) is 57.8 Å². The number of nitrogens with zero attached hydrogens (tertiary/aromatic N) is 1. The third-order valence-electron chi connectivity index (χ3n) is 3.76. The number of fused-ring (bicyclic) bond motifs is 1. The average Bonchev–Trinajstić information content (AvgIpc) is 2.93. The topological polar surface area (TPSA) is 97.2 Å². The molecule has 0 unspecified atom stereocenters. The van der Waals surface area contributed by atoms with Crippen LogP contribution >= 0.6 is 0 Å². The molecule has 0 spiro atoms. The zero-order valence-electron chi connectivity index (χ0n) is 13.4. The number of rotatable bonds is 5. The highest BCUT2D eigenvalue weighted by atomic mass is 16.5. The first-order valence-corrected chi connectivity index (χ1v) is 7.48. The van der Waals surface area contributed by atoms with Gasteiger partial charge < -0.3 is 19.5 Å². The second kappa shape index (κ2) is 6.57. The van der Waals surface area contributed by atoms with Gasteiger partial charge in [0.05, 0.1) is 19.0 Å². The Bertz CT molecular complexity index is 925. The number of benzene rings is 1. The van der Waals surface area contributed by atoms with E-state index in [0.717, 1.165) is 11.3 Å². The second-order valence-corrected chi connectivity index (χ2v) is 5.30. The van der Waals surface area contributed by atoms with Crippen molar-refractivity contribution in [2.24, 2.45) is 0 Å². The van der Waals surface area contributed by atoms with Crippen LogP contribution < -0.4 is 15.6 Å². The maximum absolute atomic E-state index is 12.4.